The second-order valence-electron chi connectivity index (χ2n) is 3.80. The molecule has 0 fully saturated rings. The molecule has 0 heterocycles. The van der Waals surface area contributed by atoms with E-state index in [0.717, 1.165) is 6.92 Å². The van der Waals surface area contributed by atoms with Gasteiger partial charge in [0.05, 0.1) is 0 Å². The third-order valence-electron chi connectivity index (χ3n) is 2.20. The van der Waals surface area contributed by atoms with Crippen LogP contribution in [0.25, 0.3) is 0 Å². The molecule has 19 heavy (non-hydrogen) atoms. The Bertz CT molecular complexity index is 398. The standard InChI is InChI=1S/C12H14F3NO2.ClH/c1-8(18-9(2)17)16-11(12(13,14)15)10-6-4-3-5-7-10;/h3-8,11,16H,1-2H3;1H. The van der Waals surface area contributed by atoms with Crippen molar-refractivity contribution in [1.29, 1.82) is 0 Å². The van der Waals surface area contributed by atoms with Crippen LogP contribution in [0.2, 0.25) is 0 Å². The maximum atomic E-state index is 12.9. The summed E-state index contributed by atoms with van der Waals surface area (Å²) >= 11 is 0. The maximum absolute atomic E-state index is 12.9. The highest BCUT2D eigenvalue weighted by Gasteiger charge is 2.41. The molecular formula is C12H15ClF3NO2. The highest BCUT2D eigenvalue weighted by atomic mass is 35.5. The van der Waals surface area contributed by atoms with E-state index in [-0.39, 0.29) is 18.0 Å². The number of hydrogen-bond donors (Lipinski definition) is 1. The molecule has 2 unspecified atom stereocenters. The van der Waals surface area contributed by atoms with Crippen molar-refractivity contribution >= 4 is 18.4 Å². The minimum absolute atomic E-state index is 0. The number of ether oxygens (including phenoxy) is 1. The largest absolute Gasteiger partial charge is 0.447 e. The van der Waals surface area contributed by atoms with Gasteiger partial charge in [0.2, 0.25) is 0 Å². The molecule has 0 amide bonds. The summed E-state index contributed by atoms with van der Waals surface area (Å²) in [6.45, 7) is 2.49. The van der Waals surface area contributed by atoms with E-state index >= 15 is 0 Å². The summed E-state index contributed by atoms with van der Waals surface area (Å²) in [5.74, 6) is -0.635. The predicted octanol–water partition coefficient (Wildman–Crippen LogP) is 3.21. The molecule has 2 atom stereocenters. The fraction of sp³-hybridized carbons (Fsp3) is 0.417. The summed E-state index contributed by atoms with van der Waals surface area (Å²) in [5.41, 5.74) is 0.0732. The van der Waals surface area contributed by atoms with Crippen LogP contribution in [0.5, 0.6) is 0 Å². The zero-order valence-corrected chi connectivity index (χ0v) is 11.2. The van der Waals surface area contributed by atoms with E-state index in [0.29, 0.717) is 0 Å². The SMILES string of the molecule is CC(=O)OC(C)NC(c1ccccc1)C(F)(F)F.Cl. The molecule has 1 aromatic carbocycles. The van der Waals surface area contributed by atoms with E-state index in [9.17, 15) is 18.0 Å². The van der Waals surface area contributed by atoms with Gasteiger partial charge in [0, 0.05) is 6.92 Å². The predicted molar refractivity (Wildman–Crippen MR) is 66.8 cm³/mol. The topological polar surface area (TPSA) is 38.3 Å². The van der Waals surface area contributed by atoms with Crippen LogP contribution < -0.4 is 5.32 Å². The summed E-state index contributed by atoms with van der Waals surface area (Å²) in [6, 6.07) is 5.54. The number of esters is 1. The van der Waals surface area contributed by atoms with Gasteiger partial charge in [-0.1, -0.05) is 30.3 Å². The molecule has 1 rings (SSSR count). The lowest BCUT2D eigenvalue weighted by Crippen LogP contribution is -2.41. The number of halogens is 4. The average Bonchev–Trinajstić information content (AvgIpc) is 2.24. The summed E-state index contributed by atoms with van der Waals surface area (Å²) in [7, 11) is 0. The van der Waals surface area contributed by atoms with Gasteiger partial charge >= 0.3 is 12.1 Å². The zero-order chi connectivity index (χ0) is 13.8. The van der Waals surface area contributed by atoms with Crippen molar-refractivity contribution in [2.75, 3.05) is 0 Å². The minimum atomic E-state index is -4.46. The lowest BCUT2D eigenvalue weighted by atomic mass is 10.1. The molecule has 108 valence electrons. The highest BCUT2D eigenvalue weighted by Crippen LogP contribution is 2.32. The van der Waals surface area contributed by atoms with E-state index < -0.39 is 24.4 Å². The second-order valence-corrected chi connectivity index (χ2v) is 3.80. The van der Waals surface area contributed by atoms with Gasteiger partial charge in [-0.05, 0) is 12.5 Å². The van der Waals surface area contributed by atoms with Gasteiger partial charge in [-0.3, -0.25) is 10.1 Å². The molecule has 0 aliphatic carbocycles. The quantitative estimate of drug-likeness (QED) is 0.685. The fourth-order valence-corrected chi connectivity index (χ4v) is 1.54. The summed E-state index contributed by atoms with van der Waals surface area (Å²) in [5, 5.41) is 2.24. The Labute approximate surface area is 115 Å². The number of carbonyl (C=O) groups excluding carboxylic acids is 1. The van der Waals surface area contributed by atoms with Gasteiger partial charge < -0.3 is 4.74 Å². The monoisotopic (exact) mass is 297 g/mol. The van der Waals surface area contributed by atoms with Crippen molar-refractivity contribution in [3.05, 3.63) is 35.9 Å². The van der Waals surface area contributed by atoms with Crippen molar-refractivity contribution in [3.8, 4) is 0 Å². The molecule has 0 bridgehead atoms. The van der Waals surface area contributed by atoms with Crippen LogP contribution in [0, 0.1) is 0 Å². The van der Waals surface area contributed by atoms with E-state index in [2.05, 4.69) is 10.1 Å². The Hall–Kier alpha value is -1.27. The van der Waals surface area contributed by atoms with Crippen LogP contribution in [0.15, 0.2) is 30.3 Å². The smallest absolute Gasteiger partial charge is 0.408 e. The number of alkyl halides is 3. The molecule has 0 aliphatic heterocycles. The number of hydrogen-bond acceptors (Lipinski definition) is 3. The summed E-state index contributed by atoms with van der Waals surface area (Å²) < 4.78 is 43.3. The van der Waals surface area contributed by atoms with Gasteiger partial charge in [0.25, 0.3) is 0 Å². The zero-order valence-electron chi connectivity index (χ0n) is 10.4. The van der Waals surface area contributed by atoms with Gasteiger partial charge in [-0.25, -0.2) is 0 Å². The Morgan fingerprint density at radius 2 is 1.79 bits per heavy atom. The van der Waals surface area contributed by atoms with E-state index in [1.807, 2.05) is 0 Å². The van der Waals surface area contributed by atoms with Crippen LogP contribution in [0.1, 0.15) is 25.5 Å². The fourth-order valence-electron chi connectivity index (χ4n) is 1.54. The maximum Gasteiger partial charge on any atom is 0.408 e. The first-order valence-corrected chi connectivity index (χ1v) is 5.35. The van der Waals surface area contributed by atoms with E-state index in [1.165, 1.54) is 31.2 Å². The van der Waals surface area contributed by atoms with Crippen LogP contribution in [0.4, 0.5) is 13.2 Å². The van der Waals surface area contributed by atoms with Crippen LogP contribution >= 0.6 is 12.4 Å². The normalized spacial score (nSPS) is 14.2. The van der Waals surface area contributed by atoms with Crippen molar-refractivity contribution in [2.45, 2.75) is 32.3 Å². The first-order valence-electron chi connectivity index (χ1n) is 5.35. The number of benzene rings is 1. The van der Waals surface area contributed by atoms with Crippen LogP contribution in [0.3, 0.4) is 0 Å². The molecule has 0 radical (unpaired) electrons. The Morgan fingerprint density at radius 3 is 2.21 bits per heavy atom. The van der Waals surface area contributed by atoms with Gasteiger partial charge in [-0.2, -0.15) is 13.2 Å². The Kier molecular flexibility index (Phi) is 6.86. The minimum Gasteiger partial charge on any atom is -0.447 e. The number of rotatable bonds is 4. The molecule has 1 aromatic rings. The second kappa shape index (κ2) is 7.35. The molecule has 0 spiro atoms. The van der Waals surface area contributed by atoms with Crippen molar-refractivity contribution in [2.24, 2.45) is 0 Å². The molecule has 0 saturated carbocycles. The lowest BCUT2D eigenvalue weighted by molar-refractivity contribution is -0.172. The van der Waals surface area contributed by atoms with Crippen molar-refractivity contribution in [3.63, 3.8) is 0 Å². The lowest BCUT2D eigenvalue weighted by Gasteiger charge is -2.25. The number of nitrogens with one attached hydrogen (secondary N) is 1. The third-order valence-corrected chi connectivity index (χ3v) is 2.20. The molecule has 1 N–H and O–H groups in total. The Balaban J connectivity index is 0.00000324. The number of carbonyl (C=O) groups is 1. The van der Waals surface area contributed by atoms with Crippen molar-refractivity contribution in [1.82, 2.24) is 5.32 Å². The first-order chi connectivity index (χ1) is 8.30. The molecule has 0 saturated heterocycles. The van der Waals surface area contributed by atoms with Gasteiger partial charge in [-0.15, -0.1) is 12.4 Å². The molecule has 0 aromatic heterocycles. The summed E-state index contributed by atoms with van der Waals surface area (Å²) in [6.07, 6.45) is -5.48. The molecule has 3 nitrogen and oxygen atoms in total. The molecule has 7 heteroatoms. The van der Waals surface area contributed by atoms with Crippen molar-refractivity contribution < 1.29 is 22.7 Å². The average molecular weight is 298 g/mol. The Morgan fingerprint density at radius 1 is 1.26 bits per heavy atom. The van der Waals surface area contributed by atoms with Gasteiger partial charge in [0.15, 0.2) is 6.23 Å². The first kappa shape index (κ1) is 17.7. The highest BCUT2D eigenvalue weighted by molar-refractivity contribution is 5.85. The van der Waals surface area contributed by atoms with Gasteiger partial charge in [0.1, 0.15) is 6.04 Å². The van der Waals surface area contributed by atoms with Crippen LogP contribution in [-0.2, 0) is 9.53 Å². The van der Waals surface area contributed by atoms with Crippen LogP contribution in [-0.4, -0.2) is 18.4 Å². The molecular weight excluding hydrogens is 283 g/mol. The summed E-state index contributed by atoms with van der Waals surface area (Å²) in [4.78, 5) is 10.7. The van der Waals surface area contributed by atoms with E-state index in [4.69, 9.17) is 0 Å². The third kappa shape index (κ3) is 5.94. The molecule has 0 aliphatic rings. The van der Waals surface area contributed by atoms with E-state index in [1.54, 1.807) is 6.07 Å².